The fourth-order valence-corrected chi connectivity index (χ4v) is 2.22. The van der Waals surface area contributed by atoms with Crippen LogP contribution in [-0.4, -0.2) is 29.1 Å². The molecule has 0 bridgehead atoms. The minimum absolute atomic E-state index is 0.00424. The molecule has 2 atom stereocenters. The van der Waals surface area contributed by atoms with E-state index in [-0.39, 0.29) is 18.4 Å². The second-order valence-electron chi connectivity index (χ2n) is 3.77. The van der Waals surface area contributed by atoms with Gasteiger partial charge in [-0.05, 0) is 17.7 Å². The first-order valence-electron chi connectivity index (χ1n) is 4.79. The zero-order valence-electron chi connectivity index (χ0n) is 8.35. The molecular formula is C11H12BrNO2. The summed E-state index contributed by atoms with van der Waals surface area (Å²) in [6.07, 6.45) is -0.374. The maximum absolute atomic E-state index is 11.4. The van der Waals surface area contributed by atoms with Crippen LogP contribution in [0, 0.1) is 0 Å². The quantitative estimate of drug-likeness (QED) is 0.844. The summed E-state index contributed by atoms with van der Waals surface area (Å²) in [5.41, 5.74) is 0.971. The highest BCUT2D eigenvalue weighted by Gasteiger charge is 2.36. The van der Waals surface area contributed by atoms with Crippen LogP contribution in [0.25, 0.3) is 0 Å². The van der Waals surface area contributed by atoms with E-state index < -0.39 is 6.10 Å². The highest BCUT2D eigenvalue weighted by molar-refractivity contribution is 9.10. The van der Waals surface area contributed by atoms with Gasteiger partial charge in [0.2, 0.25) is 5.91 Å². The van der Waals surface area contributed by atoms with Gasteiger partial charge in [0, 0.05) is 11.5 Å². The minimum atomic E-state index is -0.594. The number of amides is 1. The number of nitrogens with zero attached hydrogens (tertiary/aromatic N) is 1. The van der Waals surface area contributed by atoms with Crippen LogP contribution in [-0.2, 0) is 4.79 Å². The number of carbonyl (C=O) groups excluding carboxylic acids is 1. The third-order valence-corrected chi connectivity index (χ3v) is 3.30. The average molecular weight is 270 g/mol. The molecular weight excluding hydrogens is 258 g/mol. The predicted molar refractivity (Wildman–Crippen MR) is 60.3 cm³/mol. The van der Waals surface area contributed by atoms with Crippen molar-refractivity contribution >= 4 is 21.8 Å². The lowest BCUT2D eigenvalue weighted by molar-refractivity contribution is -0.127. The van der Waals surface area contributed by atoms with Crippen molar-refractivity contribution < 1.29 is 9.90 Å². The summed E-state index contributed by atoms with van der Waals surface area (Å²) < 4.78 is 0.993. The van der Waals surface area contributed by atoms with Crippen LogP contribution in [0.5, 0.6) is 0 Å². The Kier molecular flexibility index (Phi) is 2.80. The molecule has 2 rings (SSSR count). The van der Waals surface area contributed by atoms with Gasteiger partial charge in [0.05, 0.1) is 18.6 Å². The molecule has 0 aliphatic carbocycles. The molecule has 0 aromatic heterocycles. The van der Waals surface area contributed by atoms with Crippen molar-refractivity contribution in [2.24, 2.45) is 0 Å². The summed E-state index contributed by atoms with van der Waals surface area (Å²) in [5, 5.41) is 9.78. The highest BCUT2D eigenvalue weighted by Crippen LogP contribution is 2.32. The normalized spacial score (nSPS) is 26.1. The van der Waals surface area contributed by atoms with Crippen molar-refractivity contribution in [1.29, 1.82) is 0 Å². The molecule has 4 heteroatoms. The molecule has 1 aromatic rings. The zero-order valence-corrected chi connectivity index (χ0v) is 9.94. The average Bonchev–Trinajstić information content (AvgIpc) is 2.44. The van der Waals surface area contributed by atoms with Gasteiger partial charge in [-0.2, -0.15) is 0 Å². The summed E-state index contributed by atoms with van der Waals surface area (Å²) >= 11 is 3.35. The minimum Gasteiger partial charge on any atom is -0.390 e. The Hall–Kier alpha value is -0.870. The number of aliphatic hydroxyl groups excluding tert-OH is 1. The molecule has 0 saturated carbocycles. The lowest BCUT2D eigenvalue weighted by atomic mass is 10.0. The Morgan fingerprint density at radius 2 is 2.00 bits per heavy atom. The molecule has 2 unspecified atom stereocenters. The number of benzene rings is 1. The Morgan fingerprint density at radius 3 is 2.47 bits per heavy atom. The van der Waals surface area contributed by atoms with Crippen molar-refractivity contribution in [2.45, 2.75) is 18.6 Å². The number of likely N-dealkylation sites (tertiary alicyclic amines) is 1. The Bertz CT molecular complexity index is 377. The first-order chi connectivity index (χ1) is 7.09. The van der Waals surface area contributed by atoms with Gasteiger partial charge in [-0.3, -0.25) is 4.79 Å². The van der Waals surface area contributed by atoms with E-state index >= 15 is 0 Å². The lowest BCUT2D eigenvalue weighted by Crippen LogP contribution is -2.25. The van der Waals surface area contributed by atoms with E-state index in [2.05, 4.69) is 15.9 Å². The van der Waals surface area contributed by atoms with Crippen molar-refractivity contribution in [3.8, 4) is 0 Å². The third kappa shape index (κ3) is 1.92. The van der Waals surface area contributed by atoms with Gasteiger partial charge >= 0.3 is 0 Å². The van der Waals surface area contributed by atoms with Crippen LogP contribution in [0.3, 0.4) is 0 Å². The van der Waals surface area contributed by atoms with Crippen LogP contribution in [0.2, 0.25) is 0 Å². The number of rotatable bonds is 1. The molecule has 1 saturated heterocycles. The molecule has 80 valence electrons. The van der Waals surface area contributed by atoms with Crippen LogP contribution >= 0.6 is 15.9 Å². The number of hydrogen-bond acceptors (Lipinski definition) is 2. The first kappa shape index (κ1) is 10.6. The molecule has 1 aliphatic rings. The number of hydrogen-bond donors (Lipinski definition) is 1. The fraction of sp³-hybridized carbons (Fsp3) is 0.364. The van der Waals surface area contributed by atoms with E-state index in [1.807, 2.05) is 24.3 Å². The van der Waals surface area contributed by atoms with Crippen molar-refractivity contribution in [1.82, 2.24) is 4.90 Å². The van der Waals surface area contributed by atoms with E-state index in [9.17, 15) is 9.90 Å². The first-order valence-corrected chi connectivity index (χ1v) is 5.58. The number of carbonyl (C=O) groups is 1. The summed E-state index contributed by atoms with van der Waals surface area (Å²) in [6.45, 7) is 0. The molecule has 0 spiro atoms. The Morgan fingerprint density at radius 1 is 1.40 bits per heavy atom. The monoisotopic (exact) mass is 269 g/mol. The van der Waals surface area contributed by atoms with E-state index in [1.54, 1.807) is 11.9 Å². The largest absolute Gasteiger partial charge is 0.390 e. The molecule has 1 aromatic carbocycles. The van der Waals surface area contributed by atoms with Gasteiger partial charge in [0.15, 0.2) is 0 Å². The van der Waals surface area contributed by atoms with Gasteiger partial charge in [-0.25, -0.2) is 0 Å². The second-order valence-corrected chi connectivity index (χ2v) is 4.69. The van der Waals surface area contributed by atoms with E-state index in [0.717, 1.165) is 10.0 Å². The van der Waals surface area contributed by atoms with Gasteiger partial charge in [0.1, 0.15) is 0 Å². The Labute approximate surface area is 96.8 Å². The van der Waals surface area contributed by atoms with Crippen molar-refractivity contribution in [3.05, 3.63) is 34.3 Å². The van der Waals surface area contributed by atoms with E-state index in [0.29, 0.717) is 0 Å². The standard InChI is InChI=1S/C11H12BrNO2/c1-13-10(15)6-9(14)11(13)7-2-4-8(12)5-3-7/h2-5,9,11,14H,6H2,1H3. The van der Waals surface area contributed by atoms with E-state index in [4.69, 9.17) is 0 Å². The summed E-state index contributed by atoms with van der Waals surface area (Å²) in [5.74, 6) is -0.00424. The second kappa shape index (κ2) is 3.94. The zero-order chi connectivity index (χ0) is 11.0. The molecule has 3 nitrogen and oxygen atoms in total. The summed E-state index contributed by atoms with van der Waals surface area (Å²) in [4.78, 5) is 13.0. The SMILES string of the molecule is CN1C(=O)CC(O)C1c1ccc(Br)cc1. The number of aliphatic hydroxyl groups is 1. The maximum Gasteiger partial charge on any atom is 0.225 e. The number of halogens is 1. The number of likely N-dealkylation sites (N-methyl/N-ethyl adjacent to an activating group) is 1. The van der Waals surface area contributed by atoms with Crippen LogP contribution in [0.15, 0.2) is 28.7 Å². The van der Waals surface area contributed by atoms with Crippen molar-refractivity contribution in [3.63, 3.8) is 0 Å². The maximum atomic E-state index is 11.4. The summed E-state index contributed by atoms with van der Waals surface area (Å²) in [7, 11) is 1.73. The van der Waals surface area contributed by atoms with Crippen molar-refractivity contribution in [2.75, 3.05) is 7.05 Å². The van der Waals surface area contributed by atoms with Gasteiger partial charge in [-0.1, -0.05) is 28.1 Å². The smallest absolute Gasteiger partial charge is 0.225 e. The lowest BCUT2D eigenvalue weighted by Gasteiger charge is -2.22. The van der Waals surface area contributed by atoms with E-state index in [1.165, 1.54) is 0 Å². The molecule has 0 radical (unpaired) electrons. The molecule has 1 N–H and O–H groups in total. The molecule has 1 aliphatic heterocycles. The van der Waals surface area contributed by atoms with Crippen LogP contribution in [0.4, 0.5) is 0 Å². The molecule has 1 heterocycles. The van der Waals surface area contributed by atoms with Gasteiger partial charge in [0.25, 0.3) is 0 Å². The fourth-order valence-electron chi connectivity index (χ4n) is 1.95. The Balaban J connectivity index is 2.30. The van der Waals surface area contributed by atoms with Crippen LogP contribution < -0.4 is 0 Å². The predicted octanol–water partition coefficient (Wildman–Crippen LogP) is 1.71. The van der Waals surface area contributed by atoms with Crippen LogP contribution in [0.1, 0.15) is 18.0 Å². The van der Waals surface area contributed by atoms with Gasteiger partial charge in [-0.15, -0.1) is 0 Å². The highest BCUT2D eigenvalue weighted by atomic mass is 79.9. The topological polar surface area (TPSA) is 40.5 Å². The third-order valence-electron chi connectivity index (χ3n) is 2.77. The summed E-state index contributed by atoms with van der Waals surface area (Å²) in [6, 6.07) is 7.47. The molecule has 15 heavy (non-hydrogen) atoms. The van der Waals surface area contributed by atoms with Gasteiger partial charge < -0.3 is 10.0 Å². The molecule has 1 fully saturated rings. The molecule has 1 amide bonds.